The molecule has 0 fully saturated rings. The van der Waals surface area contributed by atoms with Crippen LogP contribution in [0.5, 0.6) is 0 Å². The second-order valence-corrected chi connectivity index (χ2v) is 3.99. The molecule has 0 radical (unpaired) electrons. The maximum Gasteiger partial charge on any atom is 0.159 e. The largest absolute Gasteiger partial charge is 0.279 e. The molecule has 0 bridgehead atoms. The lowest BCUT2D eigenvalue weighted by Crippen LogP contribution is -1.92. The number of anilines is 1. The van der Waals surface area contributed by atoms with Crippen LogP contribution in [-0.4, -0.2) is 6.21 Å². The van der Waals surface area contributed by atoms with Gasteiger partial charge >= 0.3 is 0 Å². The van der Waals surface area contributed by atoms with Gasteiger partial charge in [-0.15, -0.1) is 0 Å². The molecule has 0 unspecified atom stereocenters. The van der Waals surface area contributed by atoms with Crippen molar-refractivity contribution in [1.82, 2.24) is 0 Å². The molecule has 0 spiro atoms. The summed E-state index contributed by atoms with van der Waals surface area (Å²) in [4.78, 5) is 0. The molecule has 2 nitrogen and oxygen atoms in total. The number of nitrogens with zero attached hydrogens (tertiary/aromatic N) is 1. The van der Waals surface area contributed by atoms with Crippen LogP contribution in [0.1, 0.15) is 5.56 Å². The molecular weight excluding hydrogens is 258 g/mol. The monoisotopic (exact) mass is 266 g/mol. The Balaban J connectivity index is 2.02. The molecule has 1 N–H and O–H groups in total. The summed E-state index contributed by atoms with van der Waals surface area (Å²) in [5.74, 6) is -1.77. The summed E-state index contributed by atoms with van der Waals surface area (Å²) in [6.45, 7) is 0. The average molecular weight is 267 g/mol. The highest BCUT2D eigenvalue weighted by Crippen LogP contribution is 2.13. The maximum absolute atomic E-state index is 12.9. The molecule has 0 amide bonds. The van der Waals surface area contributed by atoms with Gasteiger partial charge in [-0.05, 0) is 42.0 Å². The standard InChI is InChI=1S/C13H9ClF2N2/c14-10-2-4-11(5-3-10)18-17-8-9-1-6-12(15)13(16)7-9/h1-8,18H. The Morgan fingerprint density at radius 2 is 1.72 bits per heavy atom. The lowest BCUT2D eigenvalue weighted by atomic mass is 10.2. The molecular formula is C13H9ClF2N2. The van der Waals surface area contributed by atoms with Crippen molar-refractivity contribution < 1.29 is 8.78 Å². The quantitative estimate of drug-likeness (QED) is 0.657. The lowest BCUT2D eigenvalue weighted by molar-refractivity contribution is 0.508. The van der Waals surface area contributed by atoms with E-state index < -0.39 is 11.6 Å². The number of benzene rings is 2. The zero-order chi connectivity index (χ0) is 13.0. The van der Waals surface area contributed by atoms with E-state index in [0.717, 1.165) is 17.8 Å². The van der Waals surface area contributed by atoms with Gasteiger partial charge in [0.15, 0.2) is 11.6 Å². The van der Waals surface area contributed by atoms with Crippen LogP contribution in [0.15, 0.2) is 47.6 Å². The van der Waals surface area contributed by atoms with Gasteiger partial charge in [0.1, 0.15) is 0 Å². The van der Waals surface area contributed by atoms with E-state index in [1.807, 2.05) is 0 Å². The van der Waals surface area contributed by atoms with Gasteiger partial charge in [-0.25, -0.2) is 8.78 Å². The van der Waals surface area contributed by atoms with Crippen LogP contribution < -0.4 is 5.43 Å². The van der Waals surface area contributed by atoms with E-state index in [9.17, 15) is 8.78 Å². The Bertz CT molecular complexity index is 568. The van der Waals surface area contributed by atoms with Crippen LogP contribution in [-0.2, 0) is 0 Å². The van der Waals surface area contributed by atoms with Crippen molar-refractivity contribution in [3.8, 4) is 0 Å². The summed E-state index contributed by atoms with van der Waals surface area (Å²) in [5, 5.41) is 4.53. The van der Waals surface area contributed by atoms with Gasteiger partial charge in [0.05, 0.1) is 11.9 Å². The zero-order valence-electron chi connectivity index (χ0n) is 9.20. The molecule has 0 aliphatic heterocycles. The van der Waals surface area contributed by atoms with Gasteiger partial charge in [0.25, 0.3) is 0 Å². The normalized spacial score (nSPS) is 10.8. The van der Waals surface area contributed by atoms with Gasteiger partial charge in [-0.2, -0.15) is 5.10 Å². The first-order valence-electron chi connectivity index (χ1n) is 5.15. The Labute approximate surface area is 108 Å². The van der Waals surface area contributed by atoms with E-state index in [4.69, 9.17) is 11.6 Å². The number of hydrogen-bond donors (Lipinski definition) is 1. The van der Waals surface area contributed by atoms with Crippen LogP contribution in [0.4, 0.5) is 14.5 Å². The number of halogens is 3. The minimum absolute atomic E-state index is 0.468. The zero-order valence-corrected chi connectivity index (χ0v) is 9.96. The molecule has 5 heteroatoms. The maximum atomic E-state index is 12.9. The smallest absolute Gasteiger partial charge is 0.159 e. The van der Waals surface area contributed by atoms with Crippen molar-refractivity contribution in [3.05, 3.63) is 64.7 Å². The summed E-state index contributed by atoms with van der Waals surface area (Å²) in [5.41, 5.74) is 3.97. The summed E-state index contributed by atoms with van der Waals surface area (Å²) >= 11 is 5.73. The molecule has 2 aromatic rings. The molecule has 0 saturated heterocycles. The van der Waals surface area contributed by atoms with E-state index in [2.05, 4.69) is 10.5 Å². The molecule has 0 aliphatic rings. The molecule has 0 aromatic heterocycles. The lowest BCUT2D eigenvalue weighted by Gasteiger charge is -1.99. The molecule has 0 heterocycles. The fraction of sp³-hybridized carbons (Fsp3) is 0. The van der Waals surface area contributed by atoms with Crippen molar-refractivity contribution in [2.45, 2.75) is 0 Å². The Kier molecular flexibility index (Phi) is 3.89. The Morgan fingerprint density at radius 3 is 2.39 bits per heavy atom. The predicted molar refractivity (Wildman–Crippen MR) is 69.0 cm³/mol. The third-order valence-electron chi connectivity index (χ3n) is 2.20. The van der Waals surface area contributed by atoms with E-state index in [0.29, 0.717) is 10.6 Å². The first kappa shape index (κ1) is 12.5. The highest BCUT2D eigenvalue weighted by atomic mass is 35.5. The van der Waals surface area contributed by atoms with Gasteiger partial charge < -0.3 is 0 Å². The van der Waals surface area contributed by atoms with Gasteiger partial charge in [0, 0.05) is 5.02 Å². The second kappa shape index (κ2) is 5.60. The predicted octanol–water partition coefficient (Wildman–Crippen LogP) is 4.06. The minimum atomic E-state index is -0.898. The third-order valence-corrected chi connectivity index (χ3v) is 2.45. The fourth-order valence-electron chi connectivity index (χ4n) is 1.30. The molecule has 0 aliphatic carbocycles. The second-order valence-electron chi connectivity index (χ2n) is 3.55. The number of nitrogens with one attached hydrogen (secondary N) is 1. The van der Waals surface area contributed by atoms with Gasteiger partial charge in [0.2, 0.25) is 0 Å². The van der Waals surface area contributed by atoms with Crippen molar-refractivity contribution in [2.24, 2.45) is 5.10 Å². The van der Waals surface area contributed by atoms with Crippen molar-refractivity contribution in [3.63, 3.8) is 0 Å². The van der Waals surface area contributed by atoms with Gasteiger partial charge in [-0.3, -0.25) is 5.43 Å². The van der Waals surface area contributed by atoms with Gasteiger partial charge in [-0.1, -0.05) is 17.7 Å². The SMILES string of the molecule is Fc1ccc(C=NNc2ccc(Cl)cc2)cc1F. The highest BCUT2D eigenvalue weighted by Gasteiger charge is 2.00. The summed E-state index contributed by atoms with van der Waals surface area (Å²) in [7, 11) is 0. The van der Waals surface area contributed by atoms with Crippen molar-refractivity contribution >= 4 is 23.5 Å². The highest BCUT2D eigenvalue weighted by molar-refractivity contribution is 6.30. The first-order chi connectivity index (χ1) is 8.65. The summed E-state index contributed by atoms with van der Waals surface area (Å²) < 4.78 is 25.6. The molecule has 0 atom stereocenters. The van der Waals surface area contributed by atoms with E-state index in [-0.39, 0.29) is 0 Å². The van der Waals surface area contributed by atoms with Crippen molar-refractivity contribution in [2.75, 3.05) is 5.43 Å². The summed E-state index contributed by atoms with van der Waals surface area (Å²) in [6, 6.07) is 10.5. The number of rotatable bonds is 3. The topological polar surface area (TPSA) is 24.4 Å². The van der Waals surface area contributed by atoms with Crippen LogP contribution in [0, 0.1) is 11.6 Å². The van der Waals surface area contributed by atoms with Crippen LogP contribution in [0.25, 0.3) is 0 Å². The molecule has 18 heavy (non-hydrogen) atoms. The fourth-order valence-corrected chi connectivity index (χ4v) is 1.42. The molecule has 2 aromatic carbocycles. The first-order valence-corrected chi connectivity index (χ1v) is 5.52. The van der Waals surface area contributed by atoms with Crippen LogP contribution in [0.2, 0.25) is 5.02 Å². The minimum Gasteiger partial charge on any atom is -0.279 e. The molecule has 2 rings (SSSR count). The number of hydrogen-bond acceptors (Lipinski definition) is 2. The van der Waals surface area contributed by atoms with E-state index in [1.165, 1.54) is 12.3 Å². The van der Waals surface area contributed by atoms with Crippen molar-refractivity contribution in [1.29, 1.82) is 0 Å². The Hall–Kier alpha value is -1.94. The van der Waals surface area contributed by atoms with E-state index >= 15 is 0 Å². The molecule has 92 valence electrons. The third kappa shape index (κ3) is 3.28. The number of hydrazone groups is 1. The summed E-state index contributed by atoms with van der Waals surface area (Å²) in [6.07, 6.45) is 1.40. The Morgan fingerprint density at radius 1 is 1.00 bits per heavy atom. The molecule has 0 saturated carbocycles. The van der Waals surface area contributed by atoms with Crippen LogP contribution >= 0.6 is 11.6 Å². The van der Waals surface area contributed by atoms with Crippen LogP contribution in [0.3, 0.4) is 0 Å². The average Bonchev–Trinajstić information content (AvgIpc) is 2.36. The van der Waals surface area contributed by atoms with E-state index in [1.54, 1.807) is 24.3 Å².